The van der Waals surface area contributed by atoms with Gasteiger partial charge in [0.05, 0.1) is 5.69 Å². The van der Waals surface area contributed by atoms with E-state index >= 15 is 0 Å². The average molecular weight is 494 g/mol. The van der Waals surface area contributed by atoms with Gasteiger partial charge in [-0.15, -0.1) is 0 Å². The Morgan fingerprint density at radius 2 is 1.53 bits per heavy atom. The number of nitrogens with one attached hydrogen (secondary N) is 2. The van der Waals surface area contributed by atoms with Crippen LogP contribution in [0.2, 0.25) is 5.02 Å². The van der Waals surface area contributed by atoms with Crippen LogP contribution in [-0.2, 0) is 16.0 Å². The first-order valence-corrected chi connectivity index (χ1v) is 11.4. The summed E-state index contributed by atoms with van der Waals surface area (Å²) in [6, 6.07) is 19.1. The zero-order chi connectivity index (χ0) is 24.4. The maximum atomic E-state index is 13.0. The van der Waals surface area contributed by atoms with E-state index in [0.717, 1.165) is 11.3 Å². The lowest BCUT2D eigenvalue weighted by atomic mass is 10.1. The second-order valence-electron chi connectivity index (χ2n) is 7.73. The Morgan fingerprint density at radius 3 is 2.18 bits per heavy atom. The number of hydrogen-bond donors (Lipinski definition) is 2. The third-order valence-corrected chi connectivity index (χ3v) is 6.30. The molecule has 0 aromatic heterocycles. The molecule has 1 heterocycles. The molecule has 4 rings (SSSR count). The van der Waals surface area contributed by atoms with Crippen molar-refractivity contribution in [3.05, 3.63) is 99.2 Å². The summed E-state index contributed by atoms with van der Waals surface area (Å²) in [6.07, 6.45) is 0.924. The van der Waals surface area contributed by atoms with Gasteiger partial charge in [-0.05, 0) is 73.0 Å². The van der Waals surface area contributed by atoms with Crippen LogP contribution < -0.4 is 15.5 Å². The van der Waals surface area contributed by atoms with Crippen LogP contribution in [0.15, 0.2) is 77.5 Å². The van der Waals surface area contributed by atoms with Gasteiger partial charge in [-0.25, -0.2) is 4.90 Å². The predicted molar refractivity (Wildman–Crippen MR) is 135 cm³/mol. The molecule has 6 nitrogen and oxygen atoms in total. The molecule has 34 heavy (non-hydrogen) atoms. The van der Waals surface area contributed by atoms with Crippen LogP contribution in [0.3, 0.4) is 0 Å². The number of carbonyl (C=O) groups is 3. The summed E-state index contributed by atoms with van der Waals surface area (Å²) in [4.78, 5) is 39.3. The summed E-state index contributed by atoms with van der Waals surface area (Å²) in [5.74, 6) is -1.48. The van der Waals surface area contributed by atoms with Crippen LogP contribution in [0.5, 0.6) is 0 Å². The molecule has 0 saturated carbocycles. The topological polar surface area (TPSA) is 78.5 Å². The van der Waals surface area contributed by atoms with Gasteiger partial charge in [-0.1, -0.05) is 48.3 Å². The van der Waals surface area contributed by atoms with Crippen molar-refractivity contribution in [2.24, 2.45) is 0 Å². The Kier molecular flexibility index (Phi) is 6.72. The summed E-state index contributed by atoms with van der Waals surface area (Å²) >= 11 is 12.4. The molecule has 0 saturated heterocycles. The molecule has 0 unspecified atom stereocenters. The molecule has 0 bridgehead atoms. The first kappa shape index (κ1) is 23.5. The number of carbonyl (C=O) groups excluding carboxylic acids is 3. The second-order valence-corrected chi connectivity index (χ2v) is 8.51. The van der Waals surface area contributed by atoms with Crippen molar-refractivity contribution in [1.82, 2.24) is 0 Å². The Labute approximate surface area is 207 Å². The quantitative estimate of drug-likeness (QED) is 0.419. The van der Waals surface area contributed by atoms with Crippen LogP contribution in [-0.4, -0.2) is 17.7 Å². The molecule has 0 atom stereocenters. The number of amides is 3. The smallest absolute Gasteiger partial charge is 0.283 e. The Morgan fingerprint density at radius 1 is 0.882 bits per heavy atom. The predicted octanol–water partition coefficient (Wildman–Crippen LogP) is 5.90. The molecule has 3 amide bonds. The number of imide groups is 1. The monoisotopic (exact) mass is 493 g/mol. The molecule has 1 aliphatic rings. The number of rotatable bonds is 6. The van der Waals surface area contributed by atoms with E-state index in [1.54, 1.807) is 49.4 Å². The van der Waals surface area contributed by atoms with Crippen molar-refractivity contribution < 1.29 is 14.4 Å². The highest BCUT2D eigenvalue weighted by atomic mass is 35.5. The lowest BCUT2D eigenvalue weighted by Crippen LogP contribution is -2.32. The van der Waals surface area contributed by atoms with E-state index in [0.29, 0.717) is 33.2 Å². The average Bonchev–Trinajstić information content (AvgIpc) is 3.05. The number of benzene rings is 3. The normalized spacial score (nSPS) is 13.5. The molecule has 0 radical (unpaired) electrons. The molecular weight excluding hydrogens is 473 g/mol. The largest absolute Gasteiger partial charge is 0.350 e. The minimum Gasteiger partial charge on any atom is -0.350 e. The number of anilines is 3. The third kappa shape index (κ3) is 4.55. The zero-order valence-electron chi connectivity index (χ0n) is 18.5. The van der Waals surface area contributed by atoms with Crippen molar-refractivity contribution in [3.8, 4) is 0 Å². The number of nitrogens with zero attached hydrogens (tertiary/aromatic N) is 1. The van der Waals surface area contributed by atoms with Crippen LogP contribution in [0.1, 0.15) is 28.4 Å². The highest BCUT2D eigenvalue weighted by Crippen LogP contribution is 2.34. The summed E-state index contributed by atoms with van der Waals surface area (Å²) in [6.45, 7) is 3.79. The van der Waals surface area contributed by atoms with Gasteiger partial charge in [-0.2, -0.15) is 0 Å². The summed E-state index contributed by atoms with van der Waals surface area (Å²) in [7, 11) is 0. The first-order chi connectivity index (χ1) is 16.3. The molecule has 172 valence electrons. The minimum atomic E-state index is -0.635. The minimum absolute atomic E-state index is 0.0424. The van der Waals surface area contributed by atoms with Crippen molar-refractivity contribution in [2.75, 3.05) is 15.5 Å². The highest BCUT2D eigenvalue weighted by molar-refractivity contribution is 6.53. The molecule has 3 aromatic rings. The van der Waals surface area contributed by atoms with Crippen molar-refractivity contribution in [3.63, 3.8) is 0 Å². The van der Waals surface area contributed by atoms with Gasteiger partial charge in [0, 0.05) is 22.0 Å². The van der Waals surface area contributed by atoms with Crippen LogP contribution >= 0.6 is 23.2 Å². The van der Waals surface area contributed by atoms with E-state index in [9.17, 15) is 14.4 Å². The van der Waals surface area contributed by atoms with E-state index in [-0.39, 0.29) is 16.6 Å². The Hall–Kier alpha value is -3.61. The fraction of sp³-hybridized carbons (Fsp3) is 0.115. The number of halogens is 2. The molecule has 0 fully saturated rings. The van der Waals surface area contributed by atoms with Crippen molar-refractivity contribution >= 4 is 58.0 Å². The SMILES string of the molecule is CCc1ccc(NC(=O)c2ccc(NC3=C(Cl)C(=O)N(c4cccc(Cl)c4C)C3=O)cc2)cc1. The Bertz CT molecular complexity index is 1320. The second kappa shape index (κ2) is 9.71. The maximum Gasteiger partial charge on any atom is 0.283 e. The molecule has 3 aromatic carbocycles. The lowest BCUT2D eigenvalue weighted by molar-refractivity contribution is -0.120. The molecular formula is C26H21Cl2N3O3. The summed E-state index contributed by atoms with van der Waals surface area (Å²) < 4.78 is 0. The fourth-order valence-corrected chi connectivity index (χ4v) is 3.93. The van der Waals surface area contributed by atoms with Gasteiger partial charge in [0.2, 0.25) is 0 Å². The van der Waals surface area contributed by atoms with Gasteiger partial charge in [-0.3, -0.25) is 14.4 Å². The zero-order valence-corrected chi connectivity index (χ0v) is 20.0. The molecule has 0 aliphatic carbocycles. The van der Waals surface area contributed by atoms with E-state index in [4.69, 9.17) is 23.2 Å². The van der Waals surface area contributed by atoms with Gasteiger partial charge >= 0.3 is 0 Å². The molecule has 2 N–H and O–H groups in total. The summed E-state index contributed by atoms with van der Waals surface area (Å²) in [5.41, 5.74) is 3.75. The fourth-order valence-electron chi connectivity index (χ4n) is 3.54. The highest BCUT2D eigenvalue weighted by Gasteiger charge is 2.39. The van der Waals surface area contributed by atoms with Crippen LogP contribution in [0.25, 0.3) is 0 Å². The van der Waals surface area contributed by atoms with E-state index in [1.165, 1.54) is 5.56 Å². The molecule has 1 aliphatic heterocycles. The van der Waals surface area contributed by atoms with Gasteiger partial charge < -0.3 is 10.6 Å². The van der Waals surface area contributed by atoms with E-state index in [1.807, 2.05) is 24.3 Å². The van der Waals surface area contributed by atoms with Gasteiger partial charge in [0.1, 0.15) is 10.7 Å². The van der Waals surface area contributed by atoms with Gasteiger partial charge in [0.15, 0.2) is 0 Å². The standard InChI is InChI=1S/C26H21Cl2N3O3/c1-3-16-7-11-19(12-8-16)30-24(32)17-9-13-18(14-10-17)29-23-22(28)25(33)31(26(23)34)21-6-4-5-20(27)15(21)2/h4-14,29H,3H2,1-2H3,(H,30,32). The van der Waals surface area contributed by atoms with Crippen LogP contribution in [0, 0.1) is 6.92 Å². The van der Waals surface area contributed by atoms with Crippen molar-refractivity contribution in [2.45, 2.75) is 20.3 Å². The van der Waals surface area contributed by atoms with E-state index < -0.39 is 11.8 Å². The van der Waals surface area contributed by atoms with Crippen LogP contribution in [0.4, 0.5) is 17.1 Å². The number of hydrogen-bond acceptors (Lipinski definition) is 4. The molecule has 0 spiro atoms. The molecule has 8 heteroatoms. The van der Waals surface area contributed by atoms with E-state index in [2.05, 4.69) is 17.6 Å². The third-order valence-electron chi connectivity index (χ3n) is 5.54. The Balaban J connectivity index is 1.48. The van der Waals surface area contributed by atoms with Gasteiger partial charge in [0.25, 0.3) is 17.7 Å². The summed E-state index contributed by atoms with van der Waals surface area (Å²) in [5, 5.41) is 5.97. The lowest BCUT2D eigenvalue weighted by Gasteiger charge is -2.18. The first-order valence-electron chi connectivity index (χ1n) is 10.6. The van der Waals surface area contributed by atoms with Crippen molar-refractivity contribution in [1.29, 1.82) is 0 Å². The maximum absolute atomic E-state index is 13.0. The number of aryl methyl sites for hydroxylation is 1.